The van der Waals surface area contributed by atoms with Crippen molar-refractivity contribution in [2.24, 2.45) is 16.2 Å². The Labute approximate surface area is 211 Å². The first-order valence-electron chi connectivity index (χ1n) is 10.8. The average molecular weight is 529 g/mol. The number of aliphatic hydroxyl groups is 9. The van der Waals surface area contributed by atoms with E-state index in [1.807, 2.05) is 0 Å². The first-order chi connectivity index (χ1) is 16.7. The Balaban J connectivity index is -0.000000507. The molecule has 0 aliphatic heterocycles. The van der Waals surface area contributed by atoms with E-state index in [9.17, 15) is 14.7 Å². The Morgan fingerprint density at radius 2 is 0.778 bits per heavy atom. The van der Waals surface area contributed by atoms with Crippen LogP contribution in [-0.4, -0.2) is 131 Å². The van der Waals surface area contributed by atoms with Gasteiger partial charge in [0.25, 0.3) is 0 Å². The molecule has 0 rings (SSSR count). The summed E-state index contributed by atoms with van der Waals surface area (Å²) < 4.78 is 9.88. The standard InChI is InChI=1S/C13H20O5.2C5H12O4/c1-9(2)11(15)17-7-13(5,6-14)8-18-12(16)10(3)4;2*6-1-5(2-7,3-8)4-9/h14H,1,3,6-8H2,2,4-5H3;2*6-9H,1-4H2. The van der Waals surface area contributed by atoms with E-state index in [0.29, 0.717) is 0 Å². The number of carbonyl (C=O) groups is 2. The van der Waals surface area contributed by atoms with Crippen LogP contribution in [0.4, 0.5) is 0 Å². The molecule has 0 aromatic heterocycles. The second kappa shape index (κ2) is 20.2. The molecule has 9 N–H and O–H groups in total. The van der Waals surface area contributed by atoms with Crippen LogP contribution in [0.2, 0.25) is 0 Å². The SMILES string of the molecule is C=C(C)C(=O)OCC(C)(CO)COC(=O)C(=C)C.OCC(CO)(CO)CO.OCC(CO)(CO)CO. The molecule has 0 heterocycles. The molecule has 0 saturated heterocycles. The lowest BCUT2D eigenvalue weighted by atomic mass is 9.93. The van der Waals surface area contributed by atoms with Crippen LogP contribution < -0.4 is 0 Å². The van der Waals surface area contributed by atoms with Crippen molar-refractivity contribution >= 4 is 11.9 Å². The summed E-state index contributed by atoms with van der Waals surface area (Å²) in [5.41, 5.74) is -2.51. The van der Waals surface area contributed by atoms with Crippen molar-refractivity contribution in [2.45, 2.75) is 20.8 Å². The lowest BCUT2D eigenvalue weighted by Gasteiger charge is -2.26. The second-order valence-electron chi connectivity index (χ2n) is 8.95. The van der Waals surface area contributed by atoms with Crippen LogP contribution in [0.5, 0.6) is 0 Å². The van der Waals surface area contributed by atoms with Crippen LogP contribution in [0, 0.1) is 16.2 Å². The normalized spacial score (nSPS) is 11.3. The van der Waals surface area contributed by atoms with Crippen molar-refractivity contribution in [2.75, 3.05) is 72.7 Å². The van der Waals surface area contributed by atoms with E-state index < -0.39 is 81.0 Å². The molecule has 0 amide bonds. The molecule has 0 aromatic carbocycles. The number of carbonyl (C=O) groups excluding carboxylic acids is 2. The maximum Gasteiger partial charge on any atom is 0.333 e. The van der Waals surface area contributed by atoms with Crippen LogP contribution in [0.3, 0.4) is 0 Å². The molecule has 0 saturated carbocycles. The summed E-state index contributed by atoms with van der Waals surface area (Å²) in [5.74, 6) is -1.08. The first kappa shape index (κ1) is 38.6. The Kier molecular flexibility index (Phi) is 21.6. The predicted molar refractivity (Wildman–Crippen MR) is 128 cm³/mol. The highest BCUT2D eigenvalue weighted by atomic mass is 16.5. The van der Waals surface area contributed by atoms with E-state index >= 15 is 0 Å². The molecule has 13 nitrogen and oxygen atoms in total. The molecule has 0 spiro atoms. The molecule has 214 valence electrons. The van der Waals surface area contributed by atoms with E-state index in [1.165, 1.54) is 13.8 Å². The Morgan fingerprint density at radius 1 is 0.556 bits per heavy atom. The van der Waals surface area contributed by atoms with Crippen LogP contribution >= 0.6 is 0 Å². The monoisotopic (exact) mass is 528 g/mol. The van der Waals surface area contributed by atoms with Crippen LogP contribution in [0.15, 0.2) is 24.3 Å². The van der Waals surface area contributed by atoms with Crippen LogP contribution in [0.1, 0.15) is 20.8 Å². The van der Waals surface area contributed by atoms with Gasteiger partial charge in [-0.2, -0.15) is 0 Å². The van der Waals surface area contributed by atoms with Gasteiger partial charge in [-0.3, -0.25) is 0 Å². The third-order valence-electron chi connectivity index (χ3n) is 4.87. The van der Waals surface area contributed by atoms with E-state index in [2.05, 4.69) is 13.2 Å². The van der Waals surface area contributed by atoms with Gasteiger partial charge in [-0.15, -0.1) is 0 Å². The molecule has 0 fully saturated rings. The van der Waals surface area contributed by atoms with Gasteiger partial charge in [-0.25, -0.2) is 9.59 Å². The first-order valence-corrected chi connectivity index (χ1v) is 10.8. The summed E-state index contributed by atoms with van der Waals surface area (Å²) in [6.07, 6.45) is 0. The maximum absolute atomic E-state index is 11.2. The fourth-order valence-corrected chi connectivity index (χ4v) is 1.46. The largest absolute Gasteiger partial charge is 0.462 e. The molecule has 0 unspecified atom stereocenters. The highest BCUT2D eigenvalue weighted by Gasteiger charge is 2.28. The van der Waals surface area contributed by atoms with E-state index in [0.717, 1.165) is 0 Å². The third kappa shape index (κ3) is 15.2. The van der Waals surface area contributed by atoms with E-state index in [4.69, 9.17) is 50.3 Å². The minimum absolute atomic E-state index is 0.0569. The van der Waals surface area contributed by atoms with Gasteiger partial charge in [0.2, 0.25) is 0 Å². The van der Waals surface area contributed by atoms with Crippen molar-refractivity contribution in [1.82, 2.24) is 0 Å². The van der Waals surface area contributed by atoms with Gasteiger partial charge in [0.05, 0.1) is 75.7 Å². The average Bonchev–Trinajstić information content (AvgIpc) is 2.89. The number of esters is 2. The zero-order valence-corrected chi connectivity index (χ0v) is 21.4. The molecule has 36 heavy (non-hydrogen) atoms. The fraction of sp³-hybridized carbons (Fsp3) is 0.739. The zero-order chi connectivity index (χ0) is 29.0. The Bertz CT molecular complexity index is 555. The number of hydrogen-bond donors (Lipinski definition) is 9. The van der Waals surface area contributed by atoms with Gasteiger partial charge in [-0.05, 0) is 13.8 Å². The lowest BCUT2D eigenvalue weighted by Crippen LogP contribution is -2.37. The molecule has 13 heteroatoms. The predicted octanol–water partition coefficient (Wildman–Crippen LogP) is -2.89. The summed E-state index contributed by atoms with van der Waals surface area (Å²) in [7, 11) is 0. The number of hydrogen-bond acceptors (Lipinski definition) is 13. The third-order valence-corrected chi connectivity index (χ3v) is 4.87. The van der Waals surface area contributed by atoms with Crippen molar-refractivity contribution in [3.8, 4) is 0 Å². The molecule has 0 bridgehead atoms. The summed E-state index contributed by atoms with van der Waals surface area (Å²) in [6, 6.07) is 0. The van der Waals surface area contributed by atoms with Crippen molar-refractivity contribution in [1.29, 1.82) is 0 Å². The molecule has 0 aliphatic carbocycles. The topological polar surface area (TPSA) is 235 Å². The quantitative estimate of drug-likeness (QED) is 0.0767. The molecule has 0 radical (unpaired) electrons. The summed E-state index contributed by atoms with van der Waals surface area (Å²) in [5, 5.41) is 77.2. The highest BCUT2D eigenvalue weighted by molar-refractivity contribution is 5.87. The zero-order valence-electron chi connectivity index (χ0n) is 21.4. The van der Waals surface area contributed by atoms with Gasteiger partial charge in [-0.1, -0.05) is 20.1 Å². The molecule has 0 atom stereocenters. The number of rotatable bonds is 15. The van der Waals surface area contributed by atoms with Gasteiger partial charge in [0.15, 0.2) is 0 Å². The maximum atomic E-state index is 11.2. The van der Waals surface area contributed by atoms with Gasteiger partial charge in [0, 0.05) is 11.1 Å². The Morgan fingerprint density at radius 3 is 0.889 bits per heavy atom. The summed E-state index contributed by atoms with van der Waals surface area (Å²) >= 11 is 0. The highest BCUT2D eigenvalue weighted by Crippen LogP contribution is 2.18. The fourth-order valence-electron chi connectivity index (χ4n) is 1.46. The smallest absolute Gasteiger partial charge is 0.333 e. The summed E-state index contributed by atoms with van der Waals surface area (Å²) in [4.78, 5) is 22.5. The minimum Gasteiger partial charge on any atom is -0.462 e. The van der Waals surface area contributed by atoms with Crippen LogP contribution in [0.25, 0.3) is 0 Å². The molecule has 0 aliphatic rings. The molecule has 0 aromatic rings. The number of ether oxygens (including phenoxy) is 2. The van der Waals surface area contributed by atoms with Crippen molar-refractivity contribution in [3.05, 3.63) is 24.3 Å². The molecular weight excluding hydrogens is 484 g/mol. The van der Waals surface area contributed by atoms with Gasteiger partial charge in [0.1, 0.15) is 13.2 Å². The van der Waals surface area contributed by atoms with Crippen molar-refractivity contribution < 1.29 is 65.0 Å². The van der Waals surface area contributed by atoms with E-state index in [-0.39, 0.29) is 31.0 Å². The van der Waals surface area contributed by atoms with Gasteiger partial charge >= 0.3 is 11.9 Å². The van der Waals surface area contributed by atoms with E-state index in [1.54, 1.807) is 6.92 Å². The lowest BCUT2D eigenvalue weighted by molar-refractivity contribution is -0.150. The van der Waals surface area contributed by atoms with Gasteiger partial charge < -0.3 is 55.4 Å². The number of aliphatic hydroxyl groups excluding tert-OH is 9. The minimum atomic E-state index is -1.11. The second-order valence-corrected chi connectivity index (χ2v) is 8.95. The van der Waals surface area contributed by atoms with Crippen LogP contribution in [-0.2, 0) is 19.1 Å². The Hall–Kier alpha value is -1.94. The molecular formula is C23H44O13. The van der Waals surface area contributed by atoms with Crippen molar-refractivity contribution in [3.63, 3.8) is 0 Å². The summed E-state index contributed by atoms with van der Waals surface area (Å²) in [6.45, 7) is 7.95.